The predicted molar refractivity (Wildman–Crippen MR) is 74.0 cm³/mol. The van der Waals surface area contributed by atoms with Gasteiger partial charge >= 0.3 is 0 Å². The average Bonchev–Trinajstić information content (AvgIpc) is 2.20. The topological polar surface area (TPSA) is 52.6 Å². The van der Waals surface area contributed by atoms with Crippen molar-refractivity contribution < 1.29 is 9.90 Å². The van der Waals surface area contributed by atoms with Crippen molar-refractivity contribution in [3.63, 3.8) is 0 Å². The van der Waals surface area contributed by atoms with Gasteiger partial charge in [0, 0.05) is 17.3 Å². The first kappa shape index (κ1) is 15.0. The highest BCUT2D eigenvalue weighted by Crippen LogP contribution is 2.19. The molecule has 1 unspecified atom stereocenters. The standard InChI is InChI=1S/C13H19ClN2O2/c1-9-6-11(14)4-5-12(9)15-13(18)8-16(3)7-10(2)17/h4-6,10,17H,7-8H2,1-3H3,(H,15,18). The summed E-state index contributed by atoms with van der Waals surface area (Å²) < 4.78 is 0. The minimum atomic E-state index is -0.444. The number of anilines is 1. The van der Waals surface area contributed by atoms with Crippen molar-refractivity contribution in [3.8, 4) is 0 Å². The molecule has 0 saturated heterocycles. The lowest BCUT2D eigenvalue weighted by atomic mass is 10.2. The zero-order chi connectivity index (χ0) is 13.7. The zero-order valence-corrected chi connectivity index (χ0v) is 11.7. The Balaban J connectivity index is 2.54. The van der Waals surface area contributed by atoms with Crippen molar-refractivity contribution in [3.05, 3.63) is 28.8 Å². The second kappa shape index (κ2) is 6.73. The van der Waals surface area contributed by atoms with E-state index < -0.39 is 6.10 Å². The molecule has 0 saturated carbocycles. The van der Waals surface area contributed by atoms with Gasteiger partial charge < -0.3 is 10.4 Å². The Kier molecular flexibility index (Phi) is 5.59. The number of rotatable bonds is 5. The molecule has 1 aromatic rings. The third kappa shape index (κ3) is 5.04. The van der Waals surface area contributed by atoms with E-state index in [9.17, 15) is 9.90 Å². The maximum absolute atomic E-state index is 11.8. The van der Waals surface area contributed by atoms with Crippen molar-refractivity contribution in [2.75, 3.05) is 25.5 Å². The van der Waals surface area contributed by atoms with Gasteiger partial charge in [-0.15, -0.1) is 0 Å². The third-order valence-corrected chi connectivity index (χ3v) is 2.69. The van der Waals surface area contributed by atoms with Gasteiger partial charge in [0.1, 0.15) is 0 Å². The molecule has 0 heterocycles. The molecule has 0 radical (unpaired) electrons. The maximum atomic E-state index is 11.8. The fourth-order valence-electron chi connectivity index (χ4n) is 1.72. The summed E-state index contributed by atoms with van der Waals surface area (Å²) in [5, 5.41) is 12.7. The number of amides is 1. The molecule has 0 bridgehead atoms. The van der Waals surface area contributed by atoms with Crippen LogP contribution in [-0.4, -0.2) is 42.2 Å². The normalized spacial score (nSPS) is 12.6. The average molecular weight is 271 g/mol. The van der Waals surface area contributed by atoms with E-state index in [2.05, 4.69) is 5.32 Å². The predicted octanol–water partition coefficient (Wildman–Crippen LogP) is 1.90. The third-order valence-electron chi connectivity index (χ3n) is 2.45. The van der Waals surface area contributed by atoms with Crippen LogP contribution in [0.2, 0.25) is 5.02 Å². The number of carbonyl (C=O) groups is 1. The Hall–Kier alpha value is -1.10. The SMILES string of the molecule is Cc1cc(Cl)ccc1NC(=O)CN(C)CC(C)O. The van der Waals surface area contributed by atoms with Crippen molar-refractivity contribution in [2.24, 2.45) is 0 Å². The van der Waals surface area contributed by atoms with Gasteiger partial charge in [-0.1, -0.05) is 11.6 Å². The number of nitrogens with zero attached hydrogens (tertiary/aromatic N) is 1. The fraction of sp³-hybridized carbons (Fsp3) is 0.462. The first-order valence-corrected chi connectivity index (χ1v) is 6.19. The van der Waals surface area contributed by atoms with Crippen LogP contribution in [0, 0.1) is 6.92 Å². The number of aryl methyl sites for hydroxylation is 1. The summed E-state index contributed by atoms with van der Waals surface area (Å²) in [7, 11) is 1.79. The first-order valence-electron chi connectivity index (χ1n) is 5.81. The second-order valence-corrected chi connectivity index (χ2v) is 4.99. The summed E-state index contributed by atoms with van der Waals surface area (Å²) in [6.45, 7) is 4.29. The molecule has 0 spiro atoms. The molecule has 1 rings (SSSR count). The molecular weight excluding hydrogens is 252 g/mol. The van der Waals surface area contributed by atoms with Gasteiger partial charge in [0.05, 0.1) is 12.6 Å². The van der Waals surface area contributed by atoms with Crippen LogP contribution in [0.3, 0.4) is 0 Å². The van der Waals surface area contributed by atoms with Crippen LogP contribution in [0.5, 0.6) is 0 Å². The van der Waals surface area contributed by atoms with Gasteiger partial charge in [-0.25, -0.2) is 0 Å². The molecule has 0 aliphatic rings. The van der Waals surface area contributed by atoms with E-state index in [1.165, 1.54) is 0 Å². The Morgan fingerprint density at radius 3 is 2.78 bits per heavy atom. The molecule has 2 N–H and O–H groups in total. The van der Waals surface area contributed by atoms with Crippen LogP contribution in [-0.2, 0) is 4.79 Å². The molecule has 5 heteroatoms. The molecule has 18 heavy (non-hydrogen) atoms. The van der Waals surface area contributed by atoms with Gasteiger partial charge in [-0.2, -0.15) is 0 Å². The quantitative estimate of drug-likeness (QED) is 0.859. The first-order chi connectivity index (χ1) is 8.38. The molecule has 0 fully saturated rings. The number of halogens is 1. The molecule has 100 valence electrons. The van der Waals surface area contributed by atoms with E-state index in [0.29, 0.717) is 11.6 Å². The van der Waals surface area contributed by atoms with E-state index >= 15 is 0 Å². The molecular formula is C13H19ClN2O2. The lowest BCUT2D eigenvalue weighted by molar-refractivity contribution is -0.117. The van der Waals surface area contributed by atoms with Gasteiger partial charge in [0.25, 0.3) is 0 Å². The largest absolute Gasteiger partial charge is 0.392 e. The van der Waals surface area contributed by atoms with Gasteiger partial charge in [0.15, 0.2) is 0 Å². The van der Waals surface area contributed by atoms with E-state index in [1.807, 2.05) is 6.92 Å². The minimum Gasteiger partial charge on any atom is -0.392 e. The van der Waals surface area contributed by atoms with Crippen LogP contribution in [0.1, 0.15) is 12.5 Å². The van der Waals surface area contributed by atoms with Gasteiger partial charge in [-0.05, 0) is 44.7 Å². The number of benzene rings is 1. The number of aliphatic hydroxyl groups is 1. The van der Waals surface area contributed by atoms with Crippen LogP contribution >= 0.6 is 11.6 Å². The van der Waals surface area contributed by atoms with Crippen molar-refractivity contribution in [1.82, 2.24) is 4.90 Å². The van der Waals surface area contributed by atoms with Gasteiger partial charge in [-0.3, -0.25) is 9.69 Å². The molecule has 0 aliphatic carbocycles. The highest BCUT2D eigenvalue weighted by molar-refractivity contribution is 6.30. The molecule has 0 aromatic heterocycles. The highest BCUT2D eigenvalue weighted by Gasteiger charge is 2.10. The number of nitrogens with one attached hydrogen (secondary N) is 1. The van der Waals surface area contributed by atoms with E-state index in [0.717, 1.165) is 11.3 Å². The zero-order valence-electron chi connectivity index (χ0n) is 10.9. The Morgan fingerprint density at radius 2 is 2.22 bits per heavy atom. The number of likely N-dealkylation sites (N-methyl/N-ethyl adjacent to an activating group) is 1. The lowest BCUT2D eigenvalue weighted by Gasteiger charge is -2.18. The summed E-state index contributed by atoms with van der Waals surface area (Å²) in [5.74, 6) is -0.108. The van der Waals surface area contributed by atoms with E-state index in [1.54, 1.807) is 37.1 Å². The van der Waals surface area contributed by atoms with Crippen LogP contribution in [0.4, 0.5) is 5.69 Å². The van der Waals surface area contributed by atoms with E-state index in [-0.39, 0.29) is 12.5 Å². The Morgan fingerprint density at radius 1 is 1.56 bits per heavy atom. The summed E-state index contributed by atoms with van der Waals surface area (Å²) >= 11 is 5.85. The fourth-order valence-corrected chi connectivity index (χ4v) is 1.94. The van der Waals surface area contributed by atoms with Crippen LogP contribution in [0.25, 0.3) is 0 Å². The van der Waals surface area contributed by atoms with Crippen molar-refractivity contribution in [2.45, 2.75) is 20.0 Å². The minimum absolute atomic E-state index is 0.108. The number of aliphatic hydroxyl groups excluding tert-OH is 1. The van der Waals surface area contributed by atoms with Crippen molar-refractivity contribution >= 4 is 23.2 Å². The summed E-state index contributed by atoms with van der Waals surface area (Å²) in [6, 6.07) is 5.32. The lowest BCUT2D eigenvalue weighted by Crippen LogP contribution is -2.34. The maximum Gasteiger partial charge on any atom is 0.238 e. The Bertz CT molecular complexity index is 421. The molecule has 0 aliphatic heterocycles. The van der Waals surface area contributed by atoms with Gasteiger partial charge in [0.2, 0.25) is 5.91 Å². The smallest absolute Gasteiger partial charge is 0.238 e. The summed E-state index contributed by atoms with van der Waals surface area (Å²) in [6.07, 6.45) is -0.444. The van der Waals surface area contributed by atoms with Crippen LogP contribution < -0.4 is 5.32 Å². The monoisotopic (exact) mass is 270 g/mol. The number of hydrogen-bond acceptors (Lipinski definition) is 3. The molecule has 4 nitrogen and oxygen atoms in total. The summed E-state index contributed by atoms with van der Waals surface area (Å²) in [4.78, 5) is 13.5. The molecule has 1 amide bonds. The second-order valence-electron chi connectivity index (χ2n) is 4.55. The molecule has 1 atom stereocenters. The van der Waals surface area contributed by atoms with E-state index in [4.69, 9.17) is 11.6 Å². The summed E-state index contributed by atoms with van der Waals surface area (Å²) in [5.41, 5.74) is 1.68. The van der Waals surface area contributed by atoms with Crippen molar-refractivity contribution in [1.29, 1.82) is 0 Å². The molecule has 1 aromatic carbocycles. The van der Waals surface area contributed by atoms with Crippen LogP contribution in [0.15, 0.2) is 18.2 Å². The number of hydrogen-bond donors (Lipinski definition) is 2. The highest BCUT2D eigenvalue weighted by atomic mass is 35.5. The Labute approximate surface area is 113 Å². The number of carbonyl (C=O) groups excluding carboxylic acids is 1.